The number of benzene rings is 1. The molecule has 1 rings (SSSR count). The van der Waals surface area contributed by atoms with Crippen LogP contribution in [0.25, 0.3) is 0 Å². The smallest absolute Gasteiger partial charge is 0.267 e. The zero-order valence-corrected chi connectivity index (χ0v) is 9.98. The molecular formula is C11H16O4S. The van der Waals surface area contributed by atoms with Crippen molar-refractivity contribution in [2.45, 2.75) is 19.4 Å². The first-order valence-electron chi connectivity index (χ1n) is 5.15. The molecule has 1 aromatic carbocycles. The van der Waals surface area contributed by atoms with E-state index in [1.807, 2.05) is 6.07 Å². The second-order valence-corrected chi connectivity index (χ2v) is 5.14. The highest BCUT2D eigenvalue weighted by atomic mass is 32.2. The van der Waals surface area contributed by atoms with E-state index in [1.54, 1.807) is 31.2 Å². The minimum atomic E-state index is -3.49. The van der Waals surface area contributed by atoms with Gasteiger partial charge in [-0.1, -0.05) is 30.3 Å². The van der Waals surface area contributed by atoms with Gasteiger partial charge in [0.05, 0.1) is 18.5 Å². The third-order valence-corrected chi connectivity index (χ3v) is 3.45. The molecule has 90 valence electrons. The van der Waals surface area contributed by atoms with E-state index in [9.17, 15) is 13.5 Å². The molecule has 1 aromatic rings. The summed E-state index contributed by atoms with van der Waals surface area (Å²) in [6.45, 7) is 1.74. The third kappa shape index (κ3) is 4.30. The Morgan fingerprint density at radius 1 is 1.31 bits per heavy atom. The van der Waals surface area contributed by atoms with E-state index in [2.05, 4.69) is 4.18 Å². The molecular weight excluding hydrogens is 228 g/mol. The Balaban J connectivity index is 2.51. The van der Waals surface area contributed by atoms with Crippen LogP contribution >= 0.6 is 0 Å². The van der Waals surface area contributed by atoms with Crippen LogP contribution in [-0.2, 0) is 14.3 Å². The molecule has 1 N–H and O–H groups in total. The summed E-state index contributed by atoms with van der Waals surface area (Å²) in [6, 6.07) is 8.97. The summed E-state index contributed by atoms with van der Waals surface area (Å²) in [5, 5.41) is 9.73. The van der Waals surface area contributed by atoms with Crippen LogP contribution in [0.2, 0.25) is 0 Å². The topological polar surface area (TPSA) is 63.6 Å². The summed E-state index contributed by atoms with van der Waals surface area (Å²) in [5.41, 5.74) is 0.717. The van der Waals surface area contributed by atoms with Crippen LogP contribution in [0.1, 0.15) is 25.0 Å². The lowest BCUT2D eigenvalue weighted by atomic mass is 10.1. The summed E-state index contributed by atoms with van der Waals surface area (Å²) >= 11 is 0. The van der Waals surface area contributed by atoms with Crippen molar-refractivity contribution in [1.29, 1.82) is 0 Å². The SMILES string of the molecule is CCOS(=O)(=O)CCC(O)c1ccccc1. The Hall–Kier alpha value is -0.910. The lowest BCUT2D eigenvalue weighted by Crippen LogP contribution is -2.13. The highest BCUT2D eigenvalue weighted by Crippen LogP contribution is 2.16. The summed E-state index contributed by atoms with van der Waals surface area (Å²) in [6.07, 6.45) is -0.622. The van der Waals surface area contributed by atoms with E-state index in [-0.39, 0.29) is 18.8 Å². The fourth-order valence-electron chi connectivity index (χ4n) is 1.34. The summed E-state index contributed by atoms with van der Waals surface area (Å²) in [4.78, 5) is 0. The van der Waals surface area contributed by atoms with Gasteiger partial charge in [-0.3, -0.25) is 4.18 Å². The zero-order valence-electron chi connectivity index (χ0n) is 9.17. The Labute approximate surface area is 96.0 Å². The van der Waals surface area contributed by atoms with Crippen molar-refractivity contribution in [2.75, 3.05) is 12.4 Å². The van der Waals surface area contributed by atoms with E-state index in [0.717, 1.165) is 0 Å². The van der Waals surface area contributed by atoms with E-state index in [0.29, 0.717) is 5.56 Å². The van der Waals surface area contributed by atoms with Gasteiger partial charge in [0, 0.05) is 0 Å². The fraction of sp³-hybridized carbons (Fsp3) is 0.455. The van der Waals surface area contributed by atoms with Crippen LogP contribution in [0.3, 0.4) is 0 Å². The Kier molecular flexibility index (Phi) is 4.92. The average Bonchev–Trinajstić information content (AvgIpc) is 2.27. The van der Waals surface area contributed by atoms with Crippen molar-refractivity contribution in [1.82, 2.24) is 0 Å². The predicted molar refractivity (Wildman–Crippen MR) is 61.4 cm³/mol. The molecule has 0 amide bonds. The largest absolute Gasteiger partial charge is 0.388 e. The normalized spacial score (nSPS) is 13.6. The first-order valence-corrected chi connectivity index (χ1v) is 6.73. The molecule has 0 aliphatic rings. The molecule has 16 heavy (non-hydrogen) atoms. The van der Waals surface area contributed by atoms with E-state index in [4.69, 9.17) is 0 Å². The molecule has 1 atom stereocenters. The molecule has 0 saturated heterocycles. The minimum Gasteiger partial charge on any atom is -0.388 e. The van der Waals surface area contributed by atoms with Crippen LogP contribution in [0.5, 0.6) is 0 Å². The van der Waals surface area contributed by atoms with Crippen molar-refractivity contribution in [3.8, 4) is 0 Å². The lowest BCUT2D eigenvalue weighted by Gasteiger charge is -2.10. The van der Waals surface area contributed by atoms with Crippen LogP contribution < -0.4 is 0 Å². The highest BCUT2D eigenvalue weighted by Gasteiger charge is 2.14. The molecule has 0 spiro atoms. The predicted octanol–water partition coefficient (Wildman–Crippen LogP) is 1.48. The van der Waals surface area contributed by atoms with Crippen LogP contribution in [-0.4, -0.2) is 25.9 Å². The molecule has 0 heterocycles. The number of hydrogen-bond acceptors (Lipinski definition) is 4. The van der Waals surface area contributed by atoms with Crippen molar-refractivity contribution in [3.05, 3.63) is 35.9 Å². The third-order valence-electron chi connectivity index (χ3n) is 2.12. The van der Waals surface area contributed by atoms with Gasteiger partial charge < -0.3 is 5.11 Å². The maximum absolute atomic E-state index is 11.2. The van der Waals surface area contributed by atoms with Gasteiger partial charge in [-0.25, -0.2) is 0 Å². The second-order valence-electron chi connectivity index (χ2n) is 3.38. The van der Waals surface area contributed by atoms with E-state index in [1.165, 1.54) is 0 Å². The average molecular weight is 244 g/mol. The molecule has 0 aliphatic heterocycles. The molecule has 1 unspecified atom stereocenters. The van der Waals surface area contributed by atoms with Crippen molar-refractivity contribution < 1.29 is 17.7 Å². The second kappa shape index (κ2) is 5.98. The van der Waals surface area contributed by atoms with E-state index >= 15 is 0 Å². The van der Waals surface area contributed by atoms with Crippen LogP contribution in [0.4, 0.5) is 0 Å². The van der Waals surface area contributed by atoms with Gasteiger partial charge in [0.25, 0.3) is 10.1 Å². The van der Waals surface area contributed by atoms with Gasteiger partial charge in [0.15, 0.2) is 0 Å². The standard InChI is InChI=1S/C11H16O4S/c1-2-15-16(13,14)9-8-11(12)10-6-4-3-5-7-10/h3-7,11-12H,2,8-9H2,1H3. The van der Waals surface area contributed by atoms with Gasteiger partial charge in [0.1, 0.15) is 0 Å². The highest BCUT2D eigenvalue weighted by molar-refractivity contribution is 7.86. The maximum Gasteiger partial charge on any atom is 0.267 e. The summed E-state index contributed by atoms with van der Waals surface area (Å²) in [5.74, 6) is -0.170. The number of rotatable bonds is 6. The molecule has 0 saturated carbocycles. The molecule has 4 nitrogen and oxygen atoms in total. The first-order chi connectivity index (χ1) is 7.55. The van der Waals surface area contributed by atoms with Gasteiger partial charge in [0.2, 0.25) is 0 Å². The minimum absolute atomic E-state index is 0.129. The Morgan fingerprint density at radius 2 is 1.94 bits per heavy atom. The maximum atomic E-state index is 11.2. The van der Waals surface area contributed by atoms with Gasteiger partial charge in [-0.05, 0) is 18.9 Å². The zero-order chi connectivity index (χ0) is 12.0. The number of aliphatic hydroxyl groups is 1. The number of aliphatic hydroxyl groups excluding tert-OH is 1. The molecule has 5 heteroatoms. The molecule has 0 aliphatic carbocycles. The Morgan fingerprint density at radius 3 is 2.50 bits per heavy atom. The molecule has 0 bridgehead atoms. The van der Waals surface area contributed by atoms with Gasteiger partial charge in [-0.2, -0.15) is 8.42 Å². The summed E-state index contributed by atoms with van der Waals surface area (Å²) in [7, 11) is -3.49. The molecule has 0 fully saturated rings. The molecule has 0 radical (unpaired) electrons. The van der Waals surface area contributed by atoms with Crippen molar-refractivity contribution in [3.63, 3.8) is 0 Å². The number of hydrogen-bond donors (Lipinski definition) is 1. The van der Waals surface area contributed by atoms with Crippen molar-refractivity contribution >= 4 is 10.1 Å². The van der Waals surface area contributed by atoms with Gasteiger partial charge >= 0.3 is 0 Å². The molecule has 0 aromatic heterocycles. The van der Waals surface area contributed by atoms with Gasteiger partial charge in [-0.15, -0.1) is 0 Å². The quantitative estimate of drug-likeness (QED) is 0.770. The summed E-state index contributed by atoms with van der Waals surface area (Å²) < 4.78 is 27.0. The van der Waals surface area contributed by atoms with Crippen LogP contribution in [0, 0.1) is 0 Å². The van der Waals surface area contributed by atoms with Crippen LogP contribution in [0.15, 0.2) is 30.3 Å². The fourth-order valence-corrected chi connectivity index (χ4v) is 2.33. The van der Waals surface area contributed by atoms with Crippen molar-refractivity contribution in [2.24, 2.45) is 0 Å². The Bertz CT molecular complexity index is 399. The first kappa shape index (κ1) is 13.2. The monoisotopic (exact) mass is 244 g/mol. The van der Waals surface area contributed by atoms with E-state index < -0.39 is 16.2 Å². The lowest BCUT2D eigenvalue weighted by molar-refractivity contribution is 0.173.